The number of guanidine groups is 1. The van der Waals surface area contributed by atoms with Gasteiger partial charge in [-0.2, -0.15) is 0 Å². The molecule has 2 fully saturated rings. The number of benzene rings is 1. The lowest BCUT2D eigenvalue weighted by Gasteiger charge is -2.24. The molecule has 6 heteroatoms. The lowest BCUT2D eigenvalue weighted by molar-refractivity contribution is -0.123. The molecular weight excluding hydrogens is 340 g/mol. The summed E-state index contributed by atoms with van der Waals surface area (Å²) in [6, 6.07) is 8.88. The van der Waals surface area contributed by atoms with E-state index in [2.05, 4.69) is 20.9 Å². The zero-order valence-electron chi connectivity index (χ0n) is 16.3. The second-order valence-electron chi connectivity index (χ2n) is 7.50. The molecule has 0 atom stereocenters. The highest BCUT2D eigenvalue weighted by molar-refractivity contribution is 5.80. The largest absolute Gasteiger partial charge is 0.484 e. The van der Waals surface area contributed by atoms with Crippen LogP contribution in [-0.2, 0) is 11.2 Å². The van der Waals surface area contributed by atoms with Crippen molar-refractivity contribution in [2.75, 3.05) is 20.2 Å². The summed E-state index contributed by atoms with van der Waals surface area (Å²) in [5.41, 5.74) is 1.23. The van der Waals surface area contributed by atoms with Crippen molar-refractivity contribution in [3.8, 4) is 5.75 Å². The fourth-order valence-electron chi connectivity index (χ4n) is 3.36. The summed E-state index contributed by atoms with van der Waals surface area (Å²) in [6.07, 6.45) is 9.55. The van der Waals surface area contributed by atoms with E-state index < -0.39 is 0 Å². The van der Waals surface area contributed by atoms with Crippen LogP contribution < -0.4 is 20.7 Å². The van der Waals surface area contributed by atoms with Crippen molar-refractivity contribution in [1.29, 1.82) is 0 Å². The zero-order valence-corrected chi connectivity index (χ0v) is 16.3. The van der Waals surface area contributed by atoms with Crippen LogP contribution in [0.2, 0.25) is 0 Å². The first kappa shape index (κ1) is 19.5. The van der Waals surface area contributed by atoms with Crippen LogP contribution in [0.1, 0.15) is 50.5 Å². The van der Waals surface area contributed by atoms with Gasteiger partial charge in [0.2, 0.25) is 0 Å². The van der Waals surface area contributed by atoms with Gasteiger partial charge >= 0.3 is 0 Å². The van der Waals surface area contributed by atoms with Crippen LogP contribution in [-0.4, -0.2) is 44.1 Å². The van der Waals surface area contributed by atoms with Crippen molar-refractivity contribution >= 4 is 11.9 Å². The van der Waals surface area contributed by atoms with Crippen molar-refractivity contribution in [2.45, 2.75) is 63.5 Å². The van der Waals surface area contributed by atoms with Crippen molar-refractivity contribution < 1.29 is 9.53 Å². The summed E-state index contributed by atoms with van der Waals surface area (Å²) in [4.78, 5) is 16.0. The summed E-state index contributed by atoms with van der Waals surface area (Å²) < 4.78 is 5.54. The van der Waals surface area contributed by atoms with Crippen LogP contribution >= 0.6 is 0 Å². The number of carbonyl (C=O) groups is 1. The van der Waals surface area contributed by atoms with Crippen LogP contribution in [0.5, 0.6) is 5.75 Å². The topological polar surface area (TPSA) is 74.8 Å². The fraction of sp³-hybridized carbons (Fsp3) is 0.619. The Kier molecular flexibility index (Phi) is 7.36. The number of ether oxygens (including phenoxy) is 1. The molecule has 0 bridgehead atoms. The molecule has 3 rings (SSSR count). The van der Waals surface area contributed by atoms with Crippen LogP contribution in [0, 0.1) is 0 Å². The molecule has 0 aliphatic heterocycles. The van der Waals surface area contributed by atoms with Gasteiger partial charge in [0.05, 0.1) is 0 Å². The van der Waals surface area contributed by atoms with Crippen LogP contribution in [0.15, 0.2) is 29.3 Å². The molecule has 2 aliphatic rings. The SMILES string of the molecule is CN=C(NCCc1ccc(OCC(=O)NC2CC2)cc1)NC1CCCCC1. The van der Waals surface area contributed by atoms with Crippen LogP contribution in [0.4, 0.5) is 0 Å². The number of hydrogen-bond donors (Lipinski definition) is 3. The molecule has 2 aliphatic carbocycles. The Bertz CT molecular complexity index is 620. The Balaban J connectivity index is 1.34. The van der Waals surface area contributed by atoms with Crippen molar-refractivity contribution in [2.24, 2.45) is 4.99 Å². The molecule has 3 N–H and O–H groups in total. The van der Waals surface area contributed by atoms with E-state index in [1.54, 1.807) is 0 Å². The van der Waals surface area contributed by atoms with Gasteiger partial charge in [0.25, 0.3) is 5.91 Å². The fourth-order valence-corrected chi connectivity index (χ4v) is 3.36. The van der Waals surface area contributed by atoms with Gasteiger partial charge in [-0.05, 0) is 49.8 Å². The van der Waals surface area contributed by atoms with Gasteiger partial charge in [-0.15, -0.1) is 0 Å². The lowest BCUT2D eigenvalue weighted by atomic mass is 9.96. The second kappa shape index (κ2) is 10.2. The Hall–Kier alpha value is -2.24. The highest BCUT2D eigenvalue weighted by Crippen LogP contribution is 2.19. The average molecular weight is 373 g/mol. The van der Waals surface area contributed by atoms with Crippen molar-refractivity contribution in [3.63, 3.8) is 0 Å². The number of amides is 1. The number of carbonyl (C=O) groups excluding carboxylic acids is 1. The van der Waals surface area contributed by atoms with E-state index in [4.69, 9.17) is 4.74 Å². The van der Waals surface area contributed by atoms with E-state index in [-0.39, 0.29) is 12.5 Å². The van der Waals surface area contributed by atoms with Crippen LogP contribution in [0.3, 0.4) is 0 Å². The maximum Gasteiger partial charge on any atom is 0.258 e. The predicted molar refractivity (Wildman–Crippen MR) is 108 cm³/mol. The van der Waals surface area contributed by atoms with E-state index >= 15 is 0 Å². The molecule has 6 nitrogen and oxygen atoms in total. The molecule has 0 spiro atoms. The van der Waals surface area contributed by atoms with Gasteiger partial charge in [-0.1, -0.05) is 31.4 Å². The zero-order chi connectivity index (χ0) is 18.9. The molecule has 27 heavy (non-hydrogen) atoms. The molecule has 2 saturated carbocycles. The lowest BCUT2D eigenvalue weighted by Crippen LogP contribution is -2.44. The number of rotatable bonds is 8. The third-order valence-corrected chi connectivity index (χ3v) is 5.11. The molecule has 0 heterocycles. The quantitative estimate of drug-likeness (QED) is 0.484. The summed E-state index contributed by atoms with van der Waals surface area (Å²) in [5, 5.41) is 9.85. The van der Waals surface area contributed by atoms with E-state index in [0.717, 1.165) is 37.5 Å². The minimum atomic E-state index is -0.0392. The van der Waals surface area contributed by atoms with Crippen molar-refractivity contribution in [3.05, 3.63) is 29.8 Å². The normalized spacial score (nSPS) is 18.0. The molecule has 1 amide bonds. The standard InChI is InChI=1S/C21H32N4O2/c1-22-21(25-17-5-3-2-4-6-17)23-14-13-16-7-11-19(12-8-16)27-15-20(26)24-18-9-10-18/h7-8,11-12,17-18H,2-6,9-10,13-15H2,1H3,(H,24,26)(H2,22,23,25). The van der Waals surface area contributed by atoms with E-state index in [1.165, 1.54) is 37.7 Å². The number of hydrogen-bond acceptors (Lipinski definition) is 3. The summed E-state index contributed by atoms with van der Waals surface area (Å²) in [7, 11) is 1.82. The first-order valence-corrected chi connectivity index (χ1v) is 10.2. The number of aliphatic imine (C=N–C) groups is 1. The Morgan fingerprint density at radius 1 is 1.04 bits per heavy atom. The van der Waals surface area contributed by atoms with Gasteiger partial charge in [0, 0.05) is 25.7 Å². The highest BCUT2D eigenvalue weighted by Gasteiger charge is 2.23. The second-order valence-corrected chi connectivity index (χ2v) is 7.50. The third-order valence-electron chi connectivity index (χ3n) is 5.11. The molecule has 0 unspecified atom stereocenters. The Morgan fingerprint density at radius 2 is 1.74 bits per heavy atom. The average Bonchev–Trinajstić information content (AvgIpc) is 3.51. The molecule has 148 valence electrons. The van der Waals surface area contributed by atoms with Gasteiger partial charge in [0.15, 0.2) is 12.6 Å². The molecule has 1 aromatic rings. The van der Waals surface area contributed by atoms with Gasteiger partial charge in [0.1, 0.15) is 5.75 Å². The van der Waals surface area contributed by atoms with Crippen molar-refractivity contribution in [1.82, 2.24) is 16.0 Å². The maximum atomic E-state index is 11.6. The van der Waals surface area contributed by atoms with E-state index in [0.29, 0.717) is 12.1 Å². The first-order valence-electron chi connectivity index (χ1n) is 10.2. The molecule has 0 aromatic heterocycles. The Morgan fingerprint density at radius 3 is 2.41 bits per heavy atom. The summed E-state index contributed by atoms with van der Waals surface area (Å²) in [6.45, 7) is 0.914. The van der Waals surface area contributed by atoms with E-state index in [9.17, 15) is 4.79 Å². The van der Waals surface area contributed by atoms with Gasteiger partial charge in [-0.3, -0.25) is 9.79 Å². The number of nitrogens with one attached hydrogen (secondary N) is 3. The maximum absolute atomic E-state index is 11.6. The van der Waals surface area contributed by atoms with Gasteiger partial charge in [-0.25, -0.2) is 0 Å². The summed E-state index contributed by atoms with van der Waals surface area (Å²) in [5.74, 6) is 1.58. The Labute approximate surface area is 162 Å². The number of nitrogens with zero attached hydrogens (tertiary/aromatic N) is 1. The third kappa shape index (κ3) is 7.12. The van der Waals surface area contributed by atoms with Gasteiger partial charge < -0.3 is 20.7 Å². The molecule has 1 aromatic carbocycles. The smallest absolute Gasteiger partial charge is 0.258 e. The minimum absolute atomic E-state index is 0.0392. The molecular formula is C21H32N4O2. The monoisotopic (exact) mass is 372 g/mol. The van der Waals surface area contributed by atoms with E-state index in [1.807, 2.05) is 31.3 Å². The minimum Gasteiger partial charge on any atom is -0.484 e. The first-order chi connectivity index (χ1) is 13.2. The predicted octanol–water partition coefficient (Wildman–Crippen LogP) is 2.38. The molecule has 0 radical (unpaired) electrons. The highest BCUT2D eigenvalue weighted by atomic mass is 16.5. The van der Waals surface area contributed by atoms with Crippen LogP contribution in [0.25, 0.3) is 0 Å². The summed E-state index contributed by atoms with van der Waals surface area (Å²) >= 11 is 0. The molecule has 0 saturated heterocycles.